The molecule has 1 saturated heterocycles. The second-order valence-corrected chi connectivity index (χ2v) is 6.36. The van der Waals surface area contributed by atoms with E-state index in [1.807, 2.05) is 18.2 Å². The molecule has 22 heavy (non-hydrogen) atoms. The van der Waals surface area contributed by atoms with E-state index < -0.39 is 0 Å². The number of nitrogens with zero attached hydrogens (tertiary/aromatic N) is 1. The van der Waals surface area contributed by atoms with Crippen LogP contribution in [0.5, 0.6) is 0 Å². The molecule has 1 heterocycles. The molecule has 0 spiro atoms. The van der Waals surface area contributed by atoms with Crippen molar-refractivity contribution in [3.8, 4) is 0 Å². The topological polar surface area (TPSA) is 32.3 Å². The molecule has 1 fully saturated rings. The molecule has 3 heteroatoms. The maximum Gasteiger partial charge on any atom is 0.251 e. The van der Waals surface area contributed by atoms with E-state index in [2.05, 4.69) is 22.4 Å². The lowest BCUT2D eigenvalue weighted by atomic mass is 9.97. The molecule has 118 valence electrons. The van der Waals surface area contributed by atoms with Gasteiger partial charge in [-0.05, 0) is 63.1 Å². The number of nitrogens with one attached hydrogen (secondary N) is 1. The molecule has 0 bridgehead atoms. The summed E-state index contributed by atoms with van der Waals surface area (Å²) in [5.41, 5.74) is 3.47. The number of benzene rings is 1. The highest BCUT2D eigenvalue weighted by Crippen LogP contribution is 2.21. The number of carbonyl (C=O) groups excluding carboxylic acids is 1. The monoisotopic (exact) mass is 298 g/mol. The number of hydrogen-bond donors (Lipinski definition) is 1. The fourth-order valence-corrected chi connectivity index (χ4v) is 3.39. The lowest BCUT2D eigenvalue weighted by Gasteiger charge is -2.18. The zero-order chi connectivity index (χ0) is 15.2. The molecule has 2 aliphatic rings. The first kappa shape index (κ1) is 15.1. The summed E-state index contributed by atoms with van der Waals surface area (Å²) in [6.45, 7) is 2.97. The molecule has 0 saturated carbocycles. The highest BCUT2D eigenvalue weighted by atomic mass is 16.1. The van der Waals surface area contributed by atoms with E-state index in [9.17, 15) is 4.79 Å². The third kappa shape index (κ3) is 3.90. The van der Waals surface area contributed by atoms with Crippen molar-refractivity contribution in [3.63, 3.8) is 0 Å². The molecular formula is C19H26N2O. The van der Waals surface area contributed by atoms with Gasteiger partial charge in [0.15, 0.2) is 0 Å². The molecule has 3 rings (SSSR count). The summed E-state index contributed by atoms with van der Waals surface area (Å²) >= 11 is 0. The average molecular weight is 298 g/mol. The molecule has 1 amide bonds. The quantitative estimate of drug-likeness (QED) is 0.836. The van der Waals surface area contributed by atoms with Crippen molar-refractivity contribution in [3.05, 3.63) is 41.5 Å². The Morgan fingerprint density at radius 1 is 1.14 bits per heavy atom. The molecule has 0 aromatic heterocycles. The fraction of sp³-hybridized carbons (Fsp3) is 0.526. The third-order valence-corrected chi connectivity index (χ3v) is 4.70. The van der Waals surface area contributed by atoms with Crippen molar-refractivity contribution < 1.29 is 4.79 Å². The molecule has 0 unspecified atom stereocenters. The van der Waals surface area contributed by atoms with Gasteiger partial charge in [-0.3, -0.25) is 4.79 Å². The van der Waals surface area contributed by atoms with E-state index in [0.717, 1.165) is 31.6 Å². The average Bonchev–Trinajstić information content (AvgIpc) is 3.10. The normalized spacial score (nSPS) is 18.2. The van der Waals surface area contributed by atoms with E-state index in [1.165, 1.54) is 49.8 Å². The van der Waals surface area contributed by atoms with Crippen LogP contribution in [-0.4, -0.2) is 25.5 Å². The summed E-state index contributed by atoms with van der Waals surface area (Å²) in [6, 6.07) is 8.04. The van der Waals surface area contributed by atoms with E-state index in [-0.39, 0.29) is 5.91 Å². The maximum absolute atomic E-state index is 12.3. The van der Waals surface area contributed by atoms with Crippen molar-refractivity contribution in [1.82, 2.24) is 5.32 Å². The molecular weight excluding hydrogens is 272 g/mol. The first-order chi connectivity index (χ1) is 10.8. The van der Waals surface area contributed by atoms with Crippen LogP contribution in [0.4, 0.5) is 5.69 Å². The highest BCUT2D eigenvalue weighted by Gasteiger charge is 2.14. The Morgan fingerprint density at radius 2 is 2.00 bits per heavy atom. The first-order valence-electron chi connectivity index (χ1n) is 8.64. The summed E-state index contributed by atoms with van der Waals surface area (Å²) in [6.07, 6.45) is 10.9. The third-order valence-electron chi connectivity index (χ3n) is 4.70. The lowest BCUT2D eigenvalue weighted by Crippen LogP contribution is -2.25. The summed E-state index contributed by atoms with van der Waals surface area (Å²) in [7, 11) is 0. The number of rotatable bonds is 5. The Balaban J connectivity index is 1.53. The largest absolute Gasteiger partial charge is 0.372 e. The van der Waals surface area contributed by atoms with Crippen LogP contribution in [0.1, 0.15) is 55.3 Å². The van der Waals surface area contributed by atoms with Gasteiger partial charge in [0.1, 0.15) is 0 Å². The Labute approximate surface area is 133 Å². The molecule has 1 aliphatic carbocycles. The van der Waals surface area contributed by atoms with Crippen LogP contribution < -0.4 is 10.2 Å². The molecule has 0 atom stereocenters. The van der Waals surface area contributed by atoms with Gasteiger partial charge in [0.05, 0.1) is 0 Å². The van der Waals surface area contributed by atoms with Gasteiger partial charge in [-0.1, -0.05) is 17.7 Å². The minimum absolute atomic E-state index is 0.0532. The summed E-state index contributed by atoms with van der Waals surface area (Å²) in [4.78, 5) is 14.7. The number of allylic oxidation sites excluding steroid dienone is 1. The van der Waals surface area contributed by atoms with E-state index >= 15 is 0 Å². The summed E-state index contributed by atoms with van der Waals surface area (Å²) in [5, 5.41) is 3.07. The van der Waals surface area contributed by atoms with Crippen LogP contribution in [0.25, 0.3) is 0 Å². The van der Waals surface area contributed by atoms with Gasteiger partial charge in [0, 0.05) is 30.9 Å². The van der Waals surface area contributed by atoms with E-state index in [0.29, 0.717) is 0 Å². The van der Waals surface area contributed by atoms with Crippen LogP contribution in [0.3, 0.4) is 0 Å². The summed E-state index contributed by atoms with van der Waals surface area (Å²) in [5.74, 6) is 0.0532. The zero-order valence-electron chi connectivity index (χ0n) is 13.3. The minimum atomic E-state index is 0.0532. The zero-order valence-corrected chi connectivity index (χ0v) is 13.3. The Hall–Kier alpha value is -1.77. The first-order valence-corrected chi connectivity index (χ1v) is 8.64. The predicted octanol–water partition coefficient (Wildman–Crippen LogP) is 3.91. The molecule has 1 aromatic rings. The number of anilines is 1. The second kappa shape index (κ2) is 7.48. The minimum Gasteiger partial charge on any atom is -0.372 e. The van der Waals surface area contributed by atoms with Crippen LogP contribution in [-0.2, 0) is 0 Å². The SMILES string of the molecule is O=C(NCCC1=CCCCC1)c1cccc(N2CCCC2)c1. The molecule has 0 radical (unpaired) electrons. The second-order valence-electron chi connectivity index (χ2n) is 6.36. The number of carbonyl (C=O) groups is 1. The molecule has 1 aromatic carbocycles. The van der Waals surface area contributed by atoms with Crippen molar-refractivity contribution in [2.75, 3.05) is 24.5 Å². The number of hydrogen-bond acceptors (Lipinski definition) is 2. The van der Waals surface area contributed by atoms with Crippen molar-refractivity contribution >= 4 is 11.6 Å². The maximum atomic E-state index is 12.3. The van der Waals surface area contributed by atoms with Gasteiger partial charge in [0.2, 0.25) is 0 Å². The molecule has 1 aliphatic heterocycles. The van der Waals surface area contributed by atoms with Crippen molar-refractivity contribution in [2.24, 2.45) is 0 Å². The van der Waals surface area contributed by atoms with Crippen LogP contribution >= 0.6 is 0 Å². The van der Waals surface area contributed by atoms with Crippen LogP contribution in [0, 0.1) is 0 Å². The predicted molar refractivity (Wildman–Crippen MR) is 91.4 cm³/mol. The van der Waals surface area contributed by atoms with Crippen molar-refractivity contribution in [2.45, 2.75) is 44.9 Å². The van der Waals surface area contributed by atoms with Gasteiger partial charge in [0.25, 0.3) is 5.91 Å². The standard InChI is InChI=1S/C19H26N2O/c22-19(20-12-11-16-7-2-1-3-8-16)17-9-6-10-18(15-17)21-13-4-5-14-21/h6-7,9-10,15H,1-5,8,11-14H2,(H,20,22). The van der Waals surface area contributed by atoms with Gasteiger partial charge in [-0.25, -0.2) is 0 Å². The Bertz CT molecular complexity index is 544. The van der Waals surface area contributed by atoms with Gasteiger partial charge < -0.3 is 10.2 Å². The van der Waals surface area contributed by atoms with Crippen LogP contribution in [0.2, 0.25) is 0 Å². The van der Waals surface area contributed by atoms with E-state index in [1.54, 1.807) is 0 Å². The van der Waals surface area contributed by atoms with Crippen LogP contribution in [0.15, 0.2) is 35.9 Å². The fourth-order valence-electron chi connectivity index (χ4n) is 3.39. The van der Waals surface area contributed by atoms with Gasteiger partial charge >= 0.3 is 0 Å². The Kier molecular flexibility index (Phi) is 5.15. The van der Waals surface area contributed by atoms with E-state index in [4.69, 9.17) is 0 Å². The summed E-state index contributed by atoms with van der Waals surface area (Å²) < 4.78 is 0. The van der Waals surface area contributed by atoms with Gasteiger partial charge in [-0.15, -0.1) is 0 Å². The number of amides is 1. The smallest absolute Gasteiger partial charge is 0.251 e. The molecule has 3 nitrogen and oxygen atoms in total. The highest BCUT2D eigenvalue weighted by molar-refractivity contribution is 5.95. The Morgan fingerprint density at radius 3 is 2.77 bits per heavy atom. The lowest BCUT2D eigenvalue weighted by molar-refractivity contribution is 0.0954. The van der Waals surface area contributed by atoms with Gasteiger partial charge in [-0.2, -0.15) is 0 Å². The van der Waals surface area contributed by atoms with Crippen molar-refractivity contribution in [1.29, 1.82) is 0 Å². The molecule has 1 N–H and O–H groups in total.